The van der Waals surface area contributed by atoms with Crippen molar-refractivity contribution in [2.75, 3.05) is 24.5 Å². The number of hydrogen-bond acceptors (Lipinski definition) is 4. The maximum Gasteiger partial charge on any atom is 0.269 e. The van der Waals surface area contributed by atoms with E-state index in [2.05, 4.69) is 48.3 Å². The number of nitro benzene ring substituents is 1. The van der Waals surface area contributed by atoms with Crippen LogP contribution in [0, 0.1) is 10.1 Å². The largest absolute Gasteiger partial charge is 0.372 e. The summed E-state index contributed by atoms with van der Waals surface area (Å²) in [7, 11) is 0. The van der Waals surface area contributed by atoms with Crippen LogP contribution in [0.2, 0.25) is 0 Å². The molecule has 0 saturated carbocycles. The fraction of sp³-hybridized carbons (Fsp3) is 0.368. The average Bonchev–Trinajstić information content (AvgIpc) is 3.13. The molecular formula is C19H24N3O3+. The SMILES string of the molecule is CCN(CC)c1ccc(C2[NH2+]CC(c3ccc([N+](=O)[O-])cc3)O2)cc1. The van der Waals surface area contributed by atoms with Crippen molar-refractivity contribution in [1.82, 2.24) is 0 Å². The van der Waals surface area contributed by atoms with Crippen LogP contribution >= 0.6 is 0 Å². The molecule has 2 unspecified atom stereocenters. The van der Waals surface area contributed by atoms with E-state index in [0.29, 0.717) is 0 Å². The van der Waals surface area contributed by atoms with Crippen LogP contribution in [-0.4, -0.2) is 24.6 Å². The minimum atomic E-state index is -0.383. The van der Waals surface area contributed by atoms with Gasteiger partial charge in [-0.2, -0.15) is 0 Å². The smallest absolute Gasteiger partial charge is 0.269 e. The van der Waals surface area contributed by atoms with Crippen molar-refractivity contribution in [3.8, 4) is 0 Å². The molecule has 1 aliphatic heterocycles. The Morgan fingerprint density at radius 1 is 1.08 bits per heavy atom. The fourth-order valence-corrected chi connectivity index (χ4v) is 3.24. The molecule has 2 atom stereocenters. The van der Waals surface area contributed by atoms with Crippen molar-refractivity contribution in [2.45, 2.75) is 26.2 Å². The molecule has 132 valence electrons. The Morgan fingerprint density at radius 3 is 2.24 bits per heavy atom. The maximum absolute atomic E-state index is 10.8. The van der Waals surface area contributed by atoms with E-state index in [4.69, 9.17) is 4.74 Å². The number of nitrogens with zero attached hydrogens (tertiary/aromatic N) is 2. The Bertz CT molecular complexity index is 712. The molecule has 0 amide bonds. The molecule has 0 radical (unpaired) electrons. The van der Waals surface area contributed by atoms with Crippen LogP contribution in [0.3, 0.4) is 0 Å². The fourth-order valence-electron chi connectivity index (χ4n) is 3.24. The van der Waals surface area contributed by atoms with Gasteiger partial charge in [-0.3, -0.25) is 10.1 Å². The highest BCUT2D eigenvalue weighted by molar-refractivity contribution is 5.47. The number of nitrogens with two attached hydrogens (primary N) is 1. The molecule has 2 aromatic rings. The van der Waals surface area contributed by atoms with Crippen molar-refractivity contribution in [3.05, 3.63) is 69.8 Å². The van der Waals surface area contributed by atoms with E-state index < -0.39 is 0 Å². The molecule has 25 heavy (non-hydrogen) atoms. The second-order valence-corrected chi connectivity index (χ2v) is 6.13. The Kier molecular flexibility index (Phi) is 5.31. The lowest BCUT2D eigenvalue weighted by atomic mass is 10.1. The first-order valence-electron chi connectivity index (χ1n) is 8.70. The van der Waals surface area contributed by atoms with Gasteiger partial charge in [0, 0.05) is 36.5 Å². The van der Waals surface area contributed by atoms with Gasteiger partial charge in [-0.1, -0.05) is 0 Å². The molecule has 0 spiro atoms. The summed E-state index contributed by atoms with van der Waals surface area (Å²) in [6.07, 6.45) is -0.0841. The molecule has 0 aliphatic carbocycles. The van der Waals surface area contributed by atoms with Gasteiger partial charge in [0.25, 0.3) is 5.69 Å². The van der Waals surface area contributed by atoms with Gasteiger partial charge in [0.15, 0.2) is 0 Å². The maximum atomic E-state index is 10.8. The standard InChI is InChI=1S/C19H23N3O3/c1-3-21(4-2)16-9-7-15(8-10-16)19-20-13-18(25-19)14-5-11-17(12-6-14)22(23)24/h5-12,18-20H,3-4,13H2,1-2H3/p+1. The van der Waals surface area contributed by atoms with Crippen LogP contribution in [0.25, 0.3) is 0 Å². The third kappa shape index (κ3) is 3.81. The highest BCUT2D eigenvalue weighted by Gasteiger charge is 2.31. The molecule has 6 heteroatoms. The minimum absolute atomic E-state index is 0.0362. The van der Waals surface area contributed by atoms with E-state index in [1.807, 2.05) is 0 Å². The van der Waals surface area contributed by atoms with Gasteiger partial charge in [0.1, 0.15) is 12.6 Å². The summed E-state index contributed by atoms with van der Waals surface area (Å²) >= 11 is 0. The molecule has 3 rings (SSSR count). The molecule has 1 aliphatic rings. The monoisotopic (exact) mass is 342 g/mol. The zero-order chi connectivity index (χ0) is 17.8. The van der Waals surface area contributed by atoms with Crippen LogP contribution in [0.5, 0.6) is 0 Å². The zero-order valence-corrected chi connectivity index (χ0v) is 14.6. The second kappa shape index (κ2) is 7.63. The van der Waals surface area contributed by atoms with Gasteiger partial charge >= 0.3 is 0 Å². The van der Waals surface area contributed by atoms with E-state index in [9.17, 15) is 10.1 Å². The lowest BCUT2D eigenvalue weighted by Gasteiger charge is -2.21. The number of nitro groups is 1. The van der Waals surface area contributed by atoms with E-state index in [-0.39, 0.29) is 22.9 Å². The summed E-state index contributed by atoms with van der Waals surface area (Å²) in [5, 5.41) is 12.9. The number of non-ortho nitro benzene ring substituents is 1. The van der Waals surface area contributed by atoms with Gasteiger partial charge in [0.2, 0.25) is 6.23 Å². The Morgan fingerprint density at radius 2 is 1.68 bits per heavy atom. The van der Waals surface area contributed by atoms with Crippen molar-refractivity contribution < 1.29 is 15.0 Å². The van der Waals surface area contributed by atoms with E-state index in [1.165, 1.54) is 17.8 Å². The lowest BCUT2D eigenvalue weighted by Crippen LogP contribution is -2.82. The third-order valence-corrected chi connectivity index (χ3v) is 4.70. The number of hydrogen-bond donors (Lipinski definition) is 1. The Balaban J connectivity index is 1.67. The number of ether oxygens (including phenoxy) is 1. The first-order chi connectivity index (χ1) is 12.1. The molecule has 2 N–H and O–H groups in total. The van der Waals surface area contributed by atoms with Crippen molar-refractivity contribution in [1.29, 1.82) is 0 Å². The van der Waals surface area contributed by atoms with Crippen LogP contribution < -0.4 is 10.2 Å². The lowest BCUT2D eigenvalue weighted by molar-refractivity contribution is -0.698. The van der Waals surface area contributed by atoms with Crippen LogP contribution in [0.15, 0.2) is 48.5 Å². The minimum Gasteiger partial charge on any atom is -0.372 e. The normalized spacial score (nSPS) is 19.8. The average molecular weight is 342 g/mol. The molecule has 0 aromatic heterocycles. The zero-order valence-electron chi connectivity index (χ0n) is 14.6. The molecule has 0 bridgehead atoms. The summed E-state index contributed by atoms with van der Waals surface area (Å²) < 4.78 is 6.15. The van der Waals surface area contributed by atoms with Crippen LogP contribution in [-0.2, 0) is 4.74 Å². The van der Waals surface area contributed by atoms with Gasteiger partial charge in [-0.05, 0) is 55.8 Å². The number of anilines is 1. The van der Waals surface area contributed by atoms with E-state index in [0.717, 1.165) is 30.8 Å². The van der Waals surface area contributed by atoms with Gasteiger partial charge in [-0.25, -0.2) is 0 Å². The second-order valence-electron chi connectivity index (χ2n) is 6.13. The summed E-state index contributed by atoms with van der Waals surface area (Å²) in [5.74, 6) is 0. The number of quaternary nitrogens is 1. The van der Waals surface area contributed by atoms with Crippen molar-refractivity contribution >= 4 is 11.4 Å². The Labute approximate surface area is 147 Å². The van der Waals surface area contributed by atoms with Crippen molar-refractivity contribution in [2.24, 2.45) is 0 Å². The predicted molar refractivity (Wildman–Crippen MR) is 96.5 cm³/mol. The van der Waals surface area contributed by atoms with Gasteiger partial charge in [-0.15, -0.1) is 0 Å². The van der Waals surface area contributed by atoms with E-state index >= 15 is 0 Å². The van der Waals surface area contributed by atoms with Gasteiger partial charge < -0.3 is 15.0 Å². The molecule has 1 saturated heterocycles. The Hall–Kier alpha value is -2.44. The summed E-state index contributed by atoms with van der Waals surface area (Å²) in [5.41, 5.74) is 3.44. The number of rotatable bonds is 6. The third-order valence-electron chi connectivity index (χ3n) is 4.70. The molecule has 1 fully saturated rings. The molecule has 1 heterocycles. The highest BCUT2D eigenvalue weighted by Crippen LogP contribution is 2.28. The quantitative estimate of drug-likeness (QED) is 0.647. The first kappa shape index (κ1) is 17.4. The highest BCUT2D eigenvalue weighted by atomic mass is 16.6. The van der Waals surface area contributed by atoms with Crippen LogP contribution in [0.1, 0.15) is 37.3 Å². The molecular weight excluding hydrogens is 318 g/mol. The predicted octanol–water partition coefficient (Wildman–Crippen LogP) is 2.77. The molecule has 6 nitrogen and oxygen atoms in total. The van der Waals surface area contributed by atoms with Crippen molar-refractivity contribution in [3.63, 3.8) is 0 Å². The van der Waals surface area contributed by atoms with Crippen LogP contribution in [0.4, 0.5) is 11.4 Å². The van der Waals surface area contributed by atoms with Gasteiger partial charge in [0.05, 0.1) is 4.92 Å². The summed E-state index contributed by atoms with van der Waals surface area (Å²) in [6, 6.07) is 15.1. The molecule has 2 aromatic carbocycles. The first-order valence-corrected chi connectivity index (χ1v) is 8.70. The van der Waals surface area contributed by atoms with E-state index in [1.54, 1.807) is 12.1 Å². The summed E-state index contributed by atoms with van der Waals surface area (Å²) in [4.78, 5) is 12.7. The summed E-state index contributed by atoms with van der Waals surface area (Å²) in [6.45, 7) is 7.09. The topological polar surface area (TPSA) is 72.2 Å². The number of benzene rings is 2.